The van der Waals surface area contributed by atoms with Gasteiger partial charge >= 0.3 is 5.97 Å². The van der Waals surface area contributed by atoms with E-state index >= 15 is 0 Å². The molecule has 3 N–H and O–H groups in total. The van der Waals surface area contributed by atoms with Crippen molar-refractivity contribution in [3.63, 3.8) is 0 Å². The first-order chi connectivity index (χ1) is 12.8. The highest BCUT2D eigenvalue weighted by atomic mass is 32.2. The molecular formula is C20H30N2O4S. The summed E-state index contributed by atoms with van der Waals surface area (Å²) in [5.74, 6) is -1.15. The van der Waals surface area contributed by atoms with E-state index in [0.29, 0.717) is 18.7 Å². The zero-order valence-corrected chi connectivity index (χ0v) is 16.9. The van der Waals surface area contributed by atoms with E-state index in [-0.39, 0.29) is 16.5 Å². The highest BCUT2D eigenvalue weighted by molar-refractivity contribution is 7.89. The van der Waals surface area contributed by atoms with E-state index in [0.717, 1.165) is 32.1 Å². The van der Waals surface area contributed by atoms with Gasteiger partial charge in [0.15, 0.2) is 0 Å². The summed E-state index contributed by atoms with van der Waals surface area (Å²) in [5.41, 5.74) is 1.68. The first-order valence-electron chi connectivity index (χ1n) is 9.65. The topological polar surface area (TPSA) is 95.5 Å². The van der Waals surface area contributed by atoms with Crippen molar-refractivity contribution in [1.29, 1.82) is 0 Å². The fourth-order valence-corrected chi connectivity index (χ4v) is 4.55. The van der Waals surface area contributed by atoms with Gasteiger partial charge in [-0.15, -0.1) is 0 Å². The standard InChI is InChI=1S/C20H30N2O4S/c1-3-7-15(2)22-18-11-10-17(20(23)24)14-19(18)27(25,26)21-13-12-16-8-5-4-6-9-16/h8,10-11,14-15,21-22H,3-7,9,12-13H2,1-2H3,(H,23,24). The molecular weight excluding hydrogens is 364 g/mol. The van der Waals surface area contributed by atoms with Gasteiger partial charge in [-0.3, -0.25) is 0 Å². The maximum Gasteiger partial charge on any atom is 0.335 e. The lowest BCUT2D eigenvalue weighted by Crippen LogP contribution is -2.27. The van der Waals surface area contributed by atoms with Crippen LogP contribution < -0.4 is 10.0 Å². The number of nitrogens with one attached hydrogen (secondary N) is 2. The van der Waals surface area contributed by atoms with Crippen LogP contribution in [0.3, 0.4) is 0 Å². The molecule has 0 fully saturated rings. The maximum absolute atomic E-state index is 12.8. The predicted molar refractivity (Wildman–Crippen MR) is 108 cm³/mol. The lowest BCUT2D eigenvalue weighted by atomic mass is 9.97. The Morgan fingerprint density at radius 1 is 1.30 bits per heavy atom. The van der Waals surface area contributed by atoms with Crippen LogP contribution in [0.15, 0.2) is 34.7 Å². The molecule has 0 amide bonds. The molecule has 0 radical (unpaired) electrons. The van der Waals surface area contributed by atoms with Crippen LogP contribution in [-0.4, -0.2) is 32.1 Å². The van der Waals surface area contributed by atoms with Crippen LogP contribution in [0.1, 0.15) is 69.2 Å². The van der Waals surface area contributed by atoms with Crippen molar-refractivity contribution in [3.8, 4) is 0 Å². The number of allylic oxidation sites excluding steroid dienone is 1. The molecule has 0 aromatic heterocycles. The molecule has 27 heavy (non-hydrogen) atoms. The number of hydrogen-bond acceptors (Lipinski definition) is 4. The molecule has 0 saturated carbocycles. The van der Waals surface area contributed by atoms with Crippen molar-refractivity contribution >= 4 is 21.7 Å². The number of anilines is 1. The number of hydrogen-bond donors (Lipinski definition) is 3. The Labute approximate surface area is 162 Å². The van der Waals surface area contributed by atoms with Gasteiger partial charge in [0.25, 0.3) is 0 Å². The van der Waals surface area contributed by atoms with Crippen molar-refractivity contribution in [2.24, 2.45) is 0 Å². The van der Waals surface area contributed by atoms with Gasteiger partial charge in [0.1, 0.15) is 4.90 Å². The molecule has 0 saturated heterocycles. The average Bonchev–Trinajstić information content (AvgIpc) is 2.62. The third kappa shape index (κ3) is 6.36. The number of carboxylic acid groups (broad SMARTS) is 1. The number of carbonyl (C=O) groups is 1. The summed E-state index contributed by atoms with van der Waals surface area (Å²) in [4.78, 5) is 11.3. The molecule has 1 aromatic rings. The van der Waals surface area contributed by atoms with Gasteiger partial charge in [0, 0.05) is 12.6 Å². The Balaban J connectivity index is 2.19. The average molecular weight is 395 g/mol. The molecule has 1 unspecified atom stereocenters. The van der Waals surface area contributed by atoms with Crippen LogP contribution >= 0.6 is 0 Å². The Morgan fingerprint density at radius 3 is 2.70 bits per heavy atom. The highest BCUT2D eigenvalue weighted by Gasteiger charge is 2.21. The van der Waals surface area contributed by atoms with E-state index in [1.165, 1.54) is 30.2 Å². The van der Waals surface area contributed by atoms with Gasteiger partial charge in [0.05, 0.1) is 11.3 Å². The molecule has 7 heteroatoms. The summed E-state index contributed by atoms with van der Waals surface area (Å²) in [5, 5.41) is 12.4. The third-order valence-corrected chi connectivity index (χ3v) is 6.27. The number of benzene rings is 1. The molecule has 1 aliphatic carbocycles. The second kappa shape index (κ2) is 9.90. The van der Waals surface area contributed by atoms with Gasteiger partial charge < -0.3 is 10.4 Å². The largest absolute Gasteiger partial charge is 0.478 e. The van der Waals surface area contributed by atoms with E-state index in [1.54, 1.807) is 0 Å². The maximum atomic E-state index is 12.8. The van der Waals surface area contributed by atoms with Crippen LogP contribution in [-0.2, 0) is 10.0 Å². The number of rotatable bonds is 10. The molecule has 0 bridgehead atoms. The predicted octanol–water partition coefficient (Wildman–Crippen LogP) is 4.15. The Kier molecular flexibility index (Phi) is 7.86. The Hall–Kier alpha value is -1.86. The van der Waals surface area contributed by atoms with E-state index in [9.17, 15) is 18.3 Å². The van der Waals surface area contributed by atoms with Crippen molar-refractivity contribution in [2.45, 2.75) is 69.7 Å². The minimum atomic E-state index is -3.81. The van der Waals surface area contributed by atoms with E-state index < -0.39 is 16.0 Å². The second-order valence-corrected chi connectivity index (χ2v) is 8.84. The first-order valence-corrected chi connectivity index (χ1v) is 11.1. The monoisotopic (exact) mass is 394 g/mol. The van der Waals surface area contributed by atoms with Gasteiger partial charge in [-0.05, 0) is 63.6 Å². The Morgan fingerprint density at radius 2 is 2.07 bits per heavy atom. The summed E-state index contributed by atoms with van der Waals surface area (Å²) in [7, 11) is -3.81. The van der Waals surface area contributed by atoms with Crippen molar-refractivity contribution in [3.05, 3.63) is 35.4 Å². The summed E-state index contributed by atoms with van der Waals surface area (Å²) < 4.78 is 28.3. The summed E-state index contributed by atoms with van der Waals surface area (Å²) in [6.45, 7) is 4.36. The van der Waals surface area contributed by atoms with Crippen molar-refractivity contribution in [1.82, 2.24) is 4.72 Å². The summed E-state index contributed by atoms with van der Waals surface area (Å²) in [6, 6.07) is 4.28. The molecule has 0 aliphatic heterocycles. The Bertz CT molecular complexity index is 787. The molecule has 6 nitrogen and oxygen atoms in total. The molecule has 0 heterocycles. The molecule has 1 aliphatic rings. The first kappa shape index (κ1) is 21.4. The van der Waals surface area contributed by atoms with Crippen LogP contribution in [0.25, 0.3) is 0 Å². The zero-order valence-electron chi connectivity index (χ0n) is 16.1. The SMILES string of the molecule is CCCC(C)Nc1ccc(C(=O)O)cc1S(=O)(=O)NCCC1=CCCCC1. The molecule has 2 rings (SSSR count). The van der Waals surface area contributed by atoms with E-state index in [4.69, 9.17) is 0 Å². The van der Waals surface area contributed by atoms with Crippen LogP contribution in [0, 0.1) is 0 Å². The van der Waals surface area contributed by atoms with Crippen LogP contribution in [0.4, 0.5) is 5.69 Å². The summed E-state index contributed by atoms with van der Waals surface area (Å²) >= 11 is 0. The quantitative estimate of drug-likeness (QED) is 0.518. The normalized spacial score (nSPS) is 15.9. The molecule has 0 spiro atoms. The minimum Gasteiger partial charge on any atom is -0.478 e. The van der Waals surface area contributed by atoms with Gasteiger partial charge in [-0.2, -0.15) is 0 Å². The number of aromatic carboxylic acids is 1. The number of sulfonamides is 1. The van der Waals surface area contributed by atoms with Crippen LogP contribution in [0.2, 0.25) is 0 Å². The van der Waals surface area contributed by atoms with Crippen LogP contribution in [0.5, 0.6) is 0 Å². The third-order valence-electron chi connectivity index (χ3n) is 4.76. The zero-order chi connectivity index (χ0) is 19.9. The molecule has 1 atom stereocenters. The van der Waals surface area contributed by atoms with Gasteiger partial charge in [-0.1, -0.05) is 25.0 Å². The second-order valence-electron chi connectivity index (χ2n) is 7.11. The van der Waals surface area contributed by atoms with E-state index in [1.807, 2.05) is 6.92 Å². The number of carboxylic acids is 1. The minimum absolute atomic E-state index is 0.0111. The molecule has 1 aromatic carbocycles. The fraction of sp³-hybridized carbons (Fsp3) is 0.550. The smallest absolute Gasteiger partial charge is 0.335 e. The van der Waals surface area contributed by atoms with Crippen molar-refractivity contribution < 1.29 is 18.3 Å². The fourth-order valence-electron chi connectivity index (χ4n) is 3.32. The van der Waals surface area contributed by atoms with Gasteiger partial charge in [-0.25, -0.2) is 17.9 Å². The van der Waals surface area contributed by atoms with Gasteiger partial charge in [0.2, 0.25) is 10.0 Å². The highest BCUT2D eigenvalue weighted by Crippen LogP contribution is 2.25. The van der Waals surface area contributed by atoms with E-state index in [2.05, 4.69) is 23.0 Å². The summed E-state index contributed by atoms with van der Waals surface area (Å²) in [6.07, 6.45) is 9.18. The lowest BCUT2D eigenvalue weighted by molar-refractivity contribution is 0.0696. The van der Waals surface area contributed by atoms with Crippen molar-refractivity contribution in [2.75, 3.05) is 11.9 Å². The lowest BCUT2D eigenvalue weighted by Gasteiger charge is -2.19. The molecule has 150 valence electrons.